The maximum Gasteiger partial charge on any atom is 0.303 e. The van der Waals surface area contributed by atoms with Crippen molar-refractivity contribution in [3.8, 4) is 0 Å². The van der Waals surface area contributed by atoms with Crippen molar-refractivity contribution in [2.75, 3.05) is 13.1 Å². The van der Waals surface area contributed by atoms with Crippen LogP contribution in [0.1, 0.15) is 30.1 Å². The first-order valence-corrected chi connectivity index (χ1v) is 5.64. The van der Waals surface area contributed by atoms with Crippen LogP contribution in [0.3, 0.4) is 0 Å². The molecule has 16 heavy (non-hydrogen) atoms. The number of nitrogens with zero attached hydrogens (tertiary/aromatic N) is 2. The predicted octanol–water partition coefficient (Wildman–Crippen LogP) is 0.743. The molecule has 1 saturated heterocycles. The standard InChI is InChI=1S/C11H17N3O2/c1-8-9(2-3-11(15)16)6-13-14(8)10-4-5-12-7-10/h6,10,12H,2-5,7H2,1H3,(H,15,16). The van der Waals surface area contributed by atoms with Crippen molar-refractivity contribution in [3.05, 3.63) is 17.5 Å². The van der Waals surface area contributed by atoms with Gasteiger partial charge in [0.2, 0.25) is 0 Å². The molecule has 2 heterocycles. The van der Waals surface area contributed by atoms with E-state index >= 15 is 0 Å². The number of hydrogen-bond donors (Lipinski definition) is 2. The maximum atomic E-state index is 10.5. The molecule has 0 saturated carbocycles. The number of nitrogens with one attached hydrogen (secondary N) is 1. The summed E-state index contributed by atoms with van der Waals surface area (Å²) in [5, 5.41) is 16.3. The van der Waals surface area contributed by atoms with E-state index in [0.717, 1.165) is 30.8 Å². The Labute approximate surface area is 94.5 Å². The molecular weight excluding hydrogens is 206 g/mol. The average Bonchev–Trinajstić information content (AvgIpc) is 2.84. The number of rotatable bonds is 4. The number of aromatic nitrogens is 2. The number of carbonyl (C=O) groups is 1. The third kappa shape index (κ3) is 2.24. The predicted molar refractivity (Wildman–Crippen MR) is 59.4 cm³/mol. The maximum absolute atomic E-state index is 10.5. The van der Waals surface area contributed by atoms with E-state index in [2.05, 4.69) is 10.4 Å². The van der Waals surface area contributed by atoms with Crippen molar-refractivity contribution < 1.29 is 9.90 Å². The highest BCUT2D eigenvalue weighted by Gasteiger charge is 2.19. The van der Waals surface area contributed by atoms with Crippen molar-refractivity contribution in [1.29, 1.82) is 0 Å². The van der Waals surface area contributed by atoms with Gasteiger partial charge in [-0.3, -0.25) is 9.48 Å². The van der Waals surface area contributed by atoms with Gasteiger partial charge < -0.3 is 10.4 Å². The lowest BCUT2D eigenvalue weighted by Gasteiger charge is -2.11. The van der Waals surface area contributed by atoms with Gasteiger partial charge in [-0.1, -0.05) is 0 Å². The molecular formula is C11H17N3O2. The fraction of sp³-hybridized carbons (Fsp3) is 0.636. The highest BCUT2D eigenvalue weighted by atomic mass is 16.4. The minimum atomic E-state index is -0.755. The first-order chi connectivity index (χ1) is 7.68. The highest BCUT2D eigenvalue weighted by Crippen LogP contribution is 2.19. The summed E-state index contributed by atoms with van der Waals surface area (Å²) in [6.07, 6.45) is 3.65. The Bertz CT molecular complexity index is 381. The molecule has 0 aliphatic carbocycles. The first kappa shape index (κ1) is 11.1. The van der Waals surface area contributed by atoms with Gasteiger partial charge in [0.1, 0.15) is 0 Å². The number of aliphatic carboxylic acids is 1. The number of aryl methyl sites for hydroxylation is 1. The van der Waals surface area contributed by atoms with Gasteiger partial charge in [0.15, 0.2) is 0 Å². The van der Waals surface area contributed by atoms with Crippen LogP contribution < -0.4 is 5.32 Å². The SMILES string of the molecule is Cc1c(CCC(=O)O)cnn1C1CCNC1. The van der Waals surface area contributed by atoms with Gasteiger partial charge in [-0.25, -0.2) is 0 Å². The van der Waals surface area contributed by atoms with Crippen molar-refractivity contribution in [2.24, 2.45) is 0 Å². The fourth-order valence-electron chi connectivity index (χ4n) is 2.16. The van der Waals surface area contributed by atoms with E-state index in [4.69, 9.17) is 5.11 Å². The Hall–Kier alpha value is -1.36. The molecule has 2 rings (SSSR count). The largest absolute Gasteiger partial charge is 0.481 e. The van der Waals surface area contributed by atoms with E-state index in [-0.39, 0.29) is 6.42 Å². The van der Waals surface area contributed by atoms with Gasteiger partial charge in [0.25, 0.3) is 0 Å². The van der Waals surface area contributed by atoms with Crippen LogP contribution in [0.4, 0.5) is 0 Å². The molecule has 1 aliphatic heterocycles. The molecule has 2 N–H and O–H groups in total. The number of hydrogen-bond acceptors (Lipinski definition) is 3. The summed E-state index contributed by atoms with van der Waals surface area (Å²) in [5.74, 6) is -0.755. The summed E-state index contributed by atoms with van der Waals surface area (Å²) in [5.41, 5.74) is 2.16. The Morgan fingerprint density at radius 1 is 1.75 bits per heavy atom. The van der Waals surface area contributed by atoms with Crippen molar-refractivity contribution in [3.63, 3.8) is 0 Å². The smallest absolute Gasteiger partial charge is 0.303 e. The average molecular weight is 223 g/mol. The molecule has 1 aromatic rings. The van der Waals surface area contributed by atoms with E-state index in [1.807, 2.05) is 11.6 Å². The summed E-state index contributed by atoms with van der Waals surface area (Å²) in [7, 11) is 0. The molecule has 0 aromatic carbocycles. The zero-order chi connectivity index (χ0) is 11.5. The van der Waals surface area contributed by atoms with Crippen molar-refractivity contribution in [2.45, 2.75) is 32.2 Å². The molecule has 88 valence electrons. The second-order valence-electron chi connectivity index (χ2n) is 4.24. The van der Waals surface area contributed by atoms with E-state index in [0.29, 0.717) is 12.5 Å². The van der Waals surface area contributed by atoms with Crippen LogP contribution in [0.2, 0.25) is 0 Å². The van der Waals surface area contributed by atoms with Crippen LogP contribution >= 0.6 is 0 Å². The van der Waals surface area contributed by atoms with Gasteiger partial charge in [0.05, 0.1) is 12.2 Å². The lowest BCUT2D eigenvalue weighted by atomic mass is 10.1. The fourth-order valence-corrected chi connectivity index (χ4v) is 2.16. The molecule has 1 aromatic heterocycles. The second-order valence-corrected chi connectivity index (χ2v) is 4.24. The lowest BCUT2D eigenvalue weighted by Crippen LogP contribution is -2.15. The van der Waals surface area contributed by atoms with E-state index in [1.165, 1.54) is 0 Å². The molecule has 1 atom stereocenters. The molecule has 0 amide bonds. The molecule has 5 nitrogen and oxygen atoms in total. The number of carboxylic acids is 1. The van der Waals surface area contributed by atoms with Gasteiger partial charge >= 0.3 is 5.97 Å². The molecule has 0 spiro atoms. The normalized spacial score (nSPS) is 20.2. The summed E-state index contributed by atoms with van der Waals surface area (Å²) in [6, 6.07) is 0.429. The molecule has 5 heteroatoms. The molecule has 1 unspecified atom stereocenters. The van der Waals surface area contributed by atoms with Crippen LogP contribution in [-0.2, 0) is 11.2 Å². The summed E-state index contributed by atoms with van der Waals surface area (Å²) < 4.78 is 2.02. The highest BCUT2D eigenvalue weighted by molar-refractivity contribution is 5.67. The third-order valence-electron chi connectivity index (χ3n) is 3.13. The van der Waals surface area contributed by atoms with E-state index in [1.54, 1.807) is 6.20 Å². The zero-order valence-corrected chi connectivity index (χ0v) is 9.44. The van der Waals surface area contributed by atoms with Crippen LogP contribution in [0.5, 0.6) is 0 Å². The van der Waals surface area contributed by atoms with Gasteiger partial charge in [-0.15, -0.1) is 0 Å². The lowest BCUT2D eigenvalue weighted by molar-refractivity contribution is -0.136. The van der Waals surface area contributed by atoms with Crippen LogP contribution in [0, 0.1) is 6.92 Å². The summed E-state index contributed by atoms with van der Waals surface area (Å²) in [6.45, 7) is 4.01. The molecule has 1 fully saturated rings. The minimum Gasteiger partial charge on any atom is -0.481 e. The zero-order valence-electron chi connectivity index (χ0n) is 9.44. The molecule has 0 bridgehead atoms. The molecule has 0 radical (unpaired) electrons. The van der Waals surface area contributed by atoms with Crippen LogP contribution in [0.25, 0.3) is 0 Å². The van der Waals surface area contributed by atoms with Crippen molar-refractivity contribution >= 4 is 5.97 Å². The van der Waals surface area contributed by atoms with Gasteiger partial charge in [-0.05, 0) is 31.9 Å². The monoisotopic (exact) mass is 223 g/mol. The van der Waals surface area contributed by atoms with Crippen molar-refractivity contribution in [1.82, 2.24) is 15.1 Å². The van der Waals surface area contributed by atoms with Crippen LogP contribution in [-0.4, -0.2) is 33.9 Å². The Kier molecular flexibility index (Phi) is 3.24. The topological polar surface area (TPSA) is 67.1 Å². The van der Waals surface area contributed by atoms with Crippen LogP contribution in [0.15, 0.2) is 6.20 Å². The van der Waals surface area contributed by atoms with Gasteiger partial charge in [-0.2, -0.15) is 5.10 Å². The second kappa shape index (κ2) is 4.65. The summed E-state index contributed by atoms with van der Waals surface area (Å²) in [4.78, 5) is 10.5. The van der Waals surface area contributed by atoms with E-state index < -0.39 is 5.97 Å². The Morgan fingerprint density at radius 3 is 3.19 bits per heavy atom. The Morgan fingerprint density at radius 2 is 2.56 bits per heavy atom. The Balaban J connectivity index is 2.07. The minimum absolute atomic E-state index is 0.176. The third-order valence-corrected chi connectivity index (χ3v) is 3.13. The van der Waals surface area contributed by atoms with E-state index in [9.17, 15) is 4.79 Å². The number of carboxylic acid groups (broad SMARTS) is 1. The quantitative estimate of drug-likeness (QED) is 0.790. The molecule has 1 aliphatic rings. The van der Waals surface area contributed by atoms with Gasteiger partial charge in [0, 0.05) is 18.7 Å². The first-order valence-electron chi connectivity index (χ1n) is 5.64. The summed E-state index contributed by atoms with van der Waals surface area (Å²) >= 11 is 0.